The van der Waals surface area contributed by atoms with Crippen LogP contribution in [0.1, 0.15) is 23.1 Å². The Hall–Kier alpha value is -4.91. The molecule has 232 valence electrons. The topological polar surface area (TPSA) is 113 Å². The van der Waals surface area contributed by atoms with Gasteiger partial charge in [0.1, 0.15) is 34.3 Å². The highest BCUT2D eigenvalue weighted by atomic mass is 35.5. The Morgan fingerprint density at radius 2 is 1.83 bits per heavy atom. The number of halogens is 3. The van der Waals surface area contributed by atoms with Crippen LogP contribution in [0.4, 0.5) is 14.5 Å². The fourth-order valence-corrected chi connectivity index (χ4v) is 6.59. The third kappa shape index (κ3) is 4.68. The molecular weight excluding hydrogens is 636 g/mol. The van der Waals surface area contributed by atoms with Crippen LogP contribution in [0.15, 0.2) is 77.2 Å². The lowest BCUT2D eigenvalue weighted by molar-refractivity contribution is 0.0964. The number of benzene rings is 3. The van der Waals surface area contributed by atoms with Crippen LogP contribution in [-0.4, -0.2) is 42.6 Å². The van der Waals surface area contributed by atoms with Crippen LogP contribution in [0.3, 0.4) is 0 Å². The molecule has 0 aliphatic heterocycles. The lowest BCUT2D eigenvalue weighted by atomic mass is 10.0. The SMILES string of the molecule is CCN(c1cc2oc(-c3ccc(F)cc3)c(C(=O)NC)c2cc1-c1ccc2nc(CCl)n3c4cccc(F)c4cc3c2n1)S(=O)O. The second-order valence-corrected chi connectivity index (χ2v) is 11.6. The quantitative estimate of drug-likeness (QED) is 0.136. The van der Waals surface area contributed by atoms with Crippen LogP contribution in [0.5, 0.6) is 0 Å². The number of alkyl halides is 1. The lowest BCUT2D eigenvalue weighted by Crippen LogP contribution is -2.25. The second-order valence-electron chi connectivity index (χ2n) is 10.4. The van der Waals surface area contributed by atoms with Crippen LogP contribution in [-0.2, 0) is 17.1 Å². The van der Waals surface area contributed by atoms with E-state index in [0.29, 0.717) is 61.2 Å². The van der Waals surface area contributed by atoms with E-state index in [-0.39, 0.29) is 29.3 Å². The molecule has 13 heteroatoms. The molecule has 9 nitrogen and oxygen atoms in total. The van der Waals surface area contributed by atoms with Gasteiger partial charge >= 0.3 is 0 Å². The van der Waals surface area contributed by atoms with Crippen LogP contribution in [0.25, 0.3) is 61.0 Å². The minimum atomic E-state index is -2.43. The van der Waals surface area contributed by atoms with Gasteiger partial charge in [0, 0.05) is 41.6 Å². The average molecular weight is 660 g/mol. The van der Waals surface area contributed by atoms with E-state index in [2.05, 4.69) is 5.32 Å². The van der Waals surface area contributed by atoms with Gasteiger partial charge in [0.15, 0.2) is 0 Å². The summed E-state index contributed by atoms with van der Waals surface area (Å²) in [6.07, 6.45) is 0. The van der Waals surface area contributed by atoms with Crippen LogP contribution in [0, 0.1) is 11.6 Å². The third-order valence-corrected chi connectivity index (χ3v) is 8.99. The van der Waals surface area contributed by atoms with E-state index in [0.717, 1.165) is 0 Å². The smallest absolute Gasteiger partial charge is 0.261 e. The number of hydrogen-bond acceptors (Lipinski definition) is 5. The van der Waals surface area contributed by atoms with Crippen molar-refractivity contribution in [1.29, 1.82) is 0 Å². The monoisotopic (exact) mass is 659 g/mol. The number of pyridine rings is 1. The molecule has 0 aliphatic rings. The normalized spacial score (nSPS) is 12.4. The van der Waals surface area contributed by atoms with Crippen molar-refractivity contribution in [2.24, 2.45) is 0 Å². The zero-order valence-electron chi connectivity index (χ0n) is 24.3. The third-order valence-electron chi connectivity index (χ3n) is 7.92. The zero-order chi connectivity index (χ0) is 32.3. The number of carbonyl (C=O) groups is 1. The molecule has 7 rings (SSSR count). The predicted octanol–water partition coefficient (Wildman–Crippen LogP) is 7.46. The molecule has 1 amide bonds. The summed E-state index contributed by atoms with van der Waals surface area (Å²) in [5.41, 5.74) is 4.22. The Kier molecular flexibility index (Phi) is 7.42. The summed E-state index contributed by atoms with van der Waals surface area (Å²) in [5, 5.41) is 3.43. The van der Waals surface area contributed by atoms with Gasteiger partial charge in [-0.1, -0.05) is 6.07 Å². The van der Waals surface area contributed by atoms with Crippen LogP contribution in [0.2, 0.25) is 0 Å². The minimum absolute atomic E-state index is 0.0716. The van der Waals surface area contributed by atoms with E-state index in [1.807, 2.05) is 0 Å². The first-order chi connectivity index (χ1) is 22.2. The largest absolute Gasteiger partial charge is 0.455 e. The Morgan fingerprint density at radius 3 is 2.52 bits per heavy atom. The lowest BCUT2D eigenvalue weighted by Gasteiger charge is -2.21. The molecule has 4 heterocycles. The van der Waals surface area contributed by atoms with Crippen LogP contribution >= 0.6 is 11.6 Å². The van der Waals surface area contributed by atoms with Gasteiger partial charge in [0.25, 0.3) is 17.2 Å². The Labute approximate surface area is 267 Å². The molecule has 0 aliphatic carbocycles. The molecule has 0 saturated carbocycles. The van der Waals surface area contributed by atoms with Crippen molar-refractivity contribution in [1.82, 2.24) is 19.7 Å². The summed E-state index contributed by atoms with van der Waals surface area (Å²) in [5.74, 6) is -0.501. The first-order valence-corrected chi connectivity index (χ1v) is 15.8. The van der Waals surface area contributed by atoms with Crippen LogP contribution < -0.4 is 9.62 Å². The maximum atomic E-state index is 14.9. The van der Waals surface area contributed by atoms with Gasteiger partial charge in [-0.2, -0.15) is 0 Å². The molecule has 0 spiro atoms. The maximum Gasteiger partial charge on any atom is 0.261 e. The van der Waals surface area contributed by atoms with Crippen molar-refractivity contribution in [2.45, 2.75) is 12.8 Å². The fraction of sp³-hybridized carbons (Fsp3) is 0.121. The Morgan fingerprint density at radius 1 is 1.04 bits per heavy atom. The van der Waals surface area contributed by atoms with Crippen molar-refractivity contribution >= 4 is 72.9 Å². The van der Waals surface area contributed by atoms with Gasteiger partial charge in [-0.25, -0.2) is 23.0 Å². The number of aromatic nitrogens is 3. The highest BCUT2D eigenvalue weighted by Gasteiger charge is 2.26. The first kappa shape index (κ1) is 29.8. The van der Waals surface area contributed by atoms with Crippen molar-refractivity contribution in [3.63, 3.8) is 0 Å². The summed E-state index contributed by atoms with van der Waals surface area (Å²) >= 11 is 3.85. The highest BCUT2D eigenvalue weighted by Crippen LogP contribution is 2.41. The molecule has 0 radical (unpaired) electrons. The van der Waals surface area contributed by atoms with Crippen molar-refractivity contribution in [3.8, 4) is 22.6 Å². The minimum Gasteiger partial charge on any atom is -0.455 e. The summed E-state index contributed by atoms with van der Waals surface area (Å²) < 4.78 is 60.6. The number of nitrogens with zero attached hydrogens (tertiary/aromatic N) is 4. The van der Waals surface area contributed by atoms with E-state index < -0.39 is 28.8 Å². The number of rotatable bonds is 7. The molecule has 4 aromatic heterocycles. The van der Waals surface area contributed by atoms with Gasteiger partial charge < -0.3 is 9.73 Å². The fourth-order valence-electron chi connectivity index (χ4n) is 5.87. The van der Waals surface area contributed by atoms with Gasteiger partial charge in [0.2, 0.25) is 0 Å². The summed E-state index contributed by atoms with van der Waals surface area (Å²) in [4.78, 5) is 22.9. The number of furan rings is 1. The van der Waals surface area contributed by atoms with E-state index >= 15 is 0 Å². The summed E-state index contributed by atoms with van der Waals surface area (Å²) in [6, 6.07) is 18.7. The van der Waals surface area contributed by atoms with E-state index in [1.54, 1.807) is 53.8 Å². The number of hydrogen-bond donors (Lipinski definition) is 2. The van der Waals surface area contributed by atoms with E-state index in [9.17, 15) is 22.3 Å². The molecule has 1 unspecified atom stereocenters. The van der Waals surface area contributed by atoms with Crippen molar-refractivity contribution < 1.29 is 26.8 Å². The number of fused-ring (bicyclic) bond motifs is 6. The molecule has 2 N–H and O–H groups in total. The summed E-state index contributed by atoms with van der Waals surface area (Å²) in [7, 11) is 1.49. The zero-order valence-corrected chi connectivity index (χ0v) is 25.9. The van der Waals surface area contributed by atoms with E-state index in [1.165, 1.54) is 41.7 Å². The highest BCUT2D eigenvalue weighted by molar-refractivity contribution is 7.80. The molecule has 3 aromatic carbocycles. The van der Waals surface area contributed by atoms with Gasteiger partial charge in [-0.05, 0) is 67.6 Å². The van der Waals surface area contributed by atoms with Gasteiger partial charge in [-0.15, -0.1) is 11.6 Å². The molecule has 46 heavy (non-hydrogen) atoms. The molecule has 1 atom stereocenters. The van der Waals surface area contributed by atoms with E-state index in [4.69, 9.17) is 26.0 Å². The first-order valence-electron chi connectivity index (χ1n) is 14.2. The van der Waals surface area contributed by atoms with Crippen molar-refractivity contribution in [3.05, 3.63) is 95.8 Å². The Bertz CT molecular complexity index is 2380. The molecule has 0 saturated heterocycles. The predicted molar refractivity (Wildman–Crippen MR) is 175 cm³/mol. The van der Waals surface area contributed by atoms with Crippen molar-refractivity contribution in [2.75, 3.05) is 17.9 Å². The number of anilines is 1. The Balaban J connectivity index is 1.55. The number of nitrogens with one attached hydrogen (secondary N) is 1. The molecule has 0 bridgehead atoms. The standard InChI is InChI=1S/C33H24ClF2N5O4S/c1-3-40(46(43)44)26-15-28-21(30(33(42)37-2)32(45-28)17-7-9-18(35)10-8-17)13-20(26)23-11-12-24-31(39-23)27-14-19-22(36)5-4-6-25(19)41(27)29(16-34)38-24/h4-15H,3,16H2,1-2H3,(H,37,42)(H,43,44). The number of carbonyl (C=O) groups excluding carboxylic acids is 1. The maximum absolute atomic E-state index is 14.9. The molecule has 7 aromatic rings. The second kappa shape index (κ2) is 11.5. The summed E-state index contributed by atoms with van der Waals surface area (Å²) in [6.45, 7) is 1.87. The number of amides is 1. The average Bonchev–Trinajstić information content (AvgIpc) is 3.64. The molecular formula is C33H24ClF2N5O4S. The van der Waals surface area contributed by atoms with Gasteiger partial charge in [-0.3, -0.25) is 18.1 Å². The van der Waals surface area contributed by atoms with Gasteiger partial charge in [0.05, 0.1) is 39.4 Å². The molecule has 0 fully saturated rings.